The first-order chi connectivity index (χ1) is 8.69. The van der Waals surface area contributed by atoms with Gasteiger partial charge in [0.2, 0.25) is 0 Å². The lowest BCUT2D eigenvalue weighted by atomic mass is 10.0. The van der Waals surface area contributed by atoms with Gasteiger partial charge in [0, 0.05) is 12.1 Å². The number of hydrogen-bond donors (Lipinski definition) is 2. The minimum atomic E-state index is -0.0650. The Balaban J connectivity index is 2.89. The van der Waals surface area contributed by atoms with E-state index in [1.807, 2.05) is 25.1 Å². The summed E-state index contributed by atoms with van der Waals surface area (Å²) in [6, 6.07) is 5.65. The molecule has 1 aromatic rings. The van der Waals surface area contributed by atoms with E-state index in [1.165, 1.54) is 0 Å². The fourth-order valence-corrected chi connectivity index (χ4v) is 1.58. The van der Waals surface area contributed by atoms with Crippen LogP contribution >= 0.6 is 0 Å². The number of aryl methyl sites for hydroxylation is 1. The minimum absolute atomic E-state index is 0.0650. The van der Waals surface area contributed by atoms with Crippen LogP contribution in [0.3, 0.4) is 0 Å². The van der Waals surface area contributed by atoms with Crippen LogP contribution in [0.4, 0.5) is 0 Å². The summed E-state index contributed by atoms with van der Waals surface area (Å²) in [7, 11) is 0. The highest BCUT2D eigenvalue weighted by Crippen LogP contribution is 2.10. The maximum atomic E-state index is 12.0. The molecule has 18 heavy (non-hydrogen) atoms. The van der Waals surface area contributed by atoms with Crippen LogP contribution in [0.25, 0.3) is 0 Å². The van der Waals surface area contributed by atoms with E-state index in [-0.39, 0.29) is 5.91 Å². The summed E-state index contributed by atoms with van der Waals surface area (Å²) in [5.74, 6) is 5.68. The van der Waals surface area contributed by atoms with E-state index < -0.39 is 0 Å². The molecule has 0 fully saturated rings. The lowest BCUT2D eigenvalue weighted by molar-refractivity contribution is 0.0953. The first-order valence-corrected chi connectivity index (χ1v) is 6.26. The Bertz CT molecular complexity index is 469. The second-order valence-electron chi connectivity index (χ2n) is 4.16. The van der Waals surface area contributed by atoms with E-state index in [0.29, 0.717) is 18.7 Å². The van der Waals surface area contributed by atoms with Gasteiger partial charge in [0.25, 0.3) is 5.91 Å². The monoisotopic (exact) mass is 244 g/mol. The molecule has 0 aromatic heterocycles. The molecule has 0 bridgehead atoms. The summed E-state index contributed by atoms with van der Waals surface area (Å²) in [4.78, 5) is 12.0. The van der Waals surface area contributed by atoms with Gasteiger partial charge in [-0.1, -0.05) is 31.3 Å². The highest BCUT2D eigenvalue weighted by molar-refractivity contribution is 5.96. The van der Waals surface area contributed by atoms with Crippen molar-refractivity contribution < 1.29 is 4.79 Å². The summed E-state index contributed by atoms with van der Waals surface area (Å²) in [5, 5.41) is 2.90. The number of carbonyl (C=O) groups excluding carboxylic acids is 1. The van der Waals surface area contributed by atoms with Crippen LogP contribution in [0.15, 0.2) is 18.2 Å². The summed E-state index contributed by atoms with van der Waals surface area (Å²) in [6.07, 6.45) is 2.05. The first-order valence-electron chi connectivity index (χ1n) is 6.26. The maximum absolute atomic E-state index is 12.0. The molecular weight excluding hydrogens is 224 g/mol. The second kappa shape index (κ2) is 7.52. The highest BCUT2D eigenvalue weighted by atomic mass is 16.1. The van der Waals surface area contributed by atoms with Crippen molar-refractivity contribution in [3.63, 3.8) is 0 Å². The van der Waals surface area contributed by atoms with E-state index in [0.717, 1.165) is 24.0 Å². The van der Waals surface area contributed by atoms with E-state index in [9.17, 15) is 4.79 Å². The summed E-state index contributed by atoms with van der Waals surface area (Å²) in [5.41, 5.74) is 7.82. The predicted molar refractivity (Wildman–Crippen MR) is 74.4 cm³/mol. The molecule has 1 amide bonds. The molecule has 0 aliphatic rings. The van der Waals surface area contributed by atoms with Crippen molar-refractivity contribution in [1.29, 1.82) is 0 Å². The van der Waals surface area contributed by atoms with Crippen molar-refractivity contribution in [2.75, 3.05) is 13.1 Å². The van der Waals surface area contributed by atoms with E-state index in [2.05, 4.69) is 24.1 Å². The van der Waals surface area contributed by atoms with Gasteiger partial charge in [0.05, 0.1) is 12.1 Å². The van der Waals surface area contributed by atoms with Gasteiger partial charge in [-0.3, -0.25) is 4.79 Å². The standard InChI is InChI=1S/C15H20N2O/c1-3-4-10-17-15(18)14-8-7-12(2)11-13(14)6-5-9-16/h7-8,11H,3-4,9-10,16H2,1-2H3,(H,17,18). The van der Waals surface area contributed by atoms with Gasteiger partial charge in [0.1, 0.15) is 0 Å². The minimum Gasteiger partial charge on any atom is -0.352 e. The van der Waals surface area contributed by atoms with Crippen LogP contribution in [-0.4, -0.2) is 19.0 Å². The SMILES string of the molecule is CCCCNC(=O)c1ccc(C)cc1C#CCN. The molecule has 0 saturated heterocycles. The number of carbonyl (C=O) groups is 1. The fraction of sp³-hybridized carbons (Fsp3) is 0.400. The Hall–Kier alpha value is -1.79. The number of amides is 1. The Kier molecular flexibility index (Phi) is 5.96. The zero-order valence-corrected chi connectivity index (χ0v) is 11.0. The van der Waals surface area contributed by atoms with Crippen LogP contribution in [0, 0.1) is 18.8 Å². The van der Waals surface area contributed by atoms with Crippen LogP contribution in [-0.2, 0) is 0 Å². The molecule has 1 rings (SSSR count). The van der Waals surface area contributed by atoms with Crippen molar-refractivity contribution in [2.45, 2.75) is 26.7 Å². The average Bonchev–Trinajstić information content (AvgIpc) is 2.36. The number of nitrogens with two attached hydrogens (primary N) is 1. The zero-order valence-electron chi connectivity index (χ0n) is 11.0. The van der Waals surface area contributed by atoms with Gasteiger partial charge in [-0.2, -0.15) is 0 Å². The molecule has 0 unspecified atom stereocenters. The lowest BCUT2D eigenvalue weighted by Gasteiger charge is -2.07. The molecule has 96 valence electrons. The van der Waals surface area contributed by atoms with Gasteiger partial charge < -0.3 is 11.1 Å². The third kappa shape index (κ3) is 4.23. The predicted octanol–water partition coefficient (Wildman–Crippen LogP) is 1.84. The molecule has 0 saturated carbocycles. The molecule has 0 atom stereocenters. The molecule has 0 heterocycles. The Morgan fingerprint density at radius 3 is 2.89 bits per heavy atom. The third-order valence-corrected chi connectivity index (χ3v) is 2.56. The number of rotatable bonds is 4. The van der Waals surface area contributed by atoms with Gasteiger partial charge in [-0.05, 0) is 31.0 Å². The summed E-state index contributed by atoms with van der Waals surface area (Å²) in [6.45, 7) is 5.07. The van der Waals surface area contributed by atoms with Crippen molar-refractivity contribution in [3.05, 3.63) is 34.9 Å². The van der Waals surface area contributed by atoms with E-state index in [1.54, 1.807) is 0 Å². The van der Waals surface area contributed by atoms with Gasteiger partial charge in [-0.15, -0.1) is 0 Å². The summed E-state index contributed by atoms with van der Waals surface area (Å²) >= 11 is 0. The number of unbranched alkanes of at least 4 members (excludes halogenated alkanes) is 1. The molecule has 0 radical (unpaired) electrons. The van der Waals surface area contributed by atoms with E-state index in [4.69, 9.17) is 5.73 Å². The number of nitrogens with one attached hydrogen (secondary N) is 1. The molecule has 3 N–H and O–H groups in total. The second-order valence-corrected chi connectivity index (χ2v) is 4.16. The fourth-order valence-electron chi connectivity index (χ4n) is 1.58. The normalized spacial score (nSPS) is 9.50. The first kappa shape index (κ1) is 14.3. The van der Waals surface area contributed by atoms with Gasteiger partial charge >= 0.3 is 0 Å². The van der Waals surface area contributed by atoms with E-state index >= 15 is 0 Å². The zero-order chi connectivity index (χ0) is 13.4. The van der Waals surface area contributed by atoms with Crippen molar-refractivity contribution >= 4 is 5.91 Å². The van der Waals surface area contributed by atoms with Crippen molar-refractivity contribution in [1.82, 2.24) is 5.32 Å². The van der Waals surface area contributed by atoms with Crippen molar-refractivity contribution in [3.8, 4) is 11.8 Å². The van der Waals surface area contributed by atoms with Crippen LogP contribution < -0.4 is 11.1 Å². The smallest absolute Gasteiger partial charge is 0.252 e. The molecule has 1 aromatic carbocycles. The van der Waals surface area contributed by atoms with Gasteiger partial charge in [0.15, 0.2) is 0 Å². The average molecular weight is 244 g/mol. The topological polar surface area (TPSA) is 55.1 Å². The van der Waals surface area contributed by atoms with Crippen LogP contribution in [0.2, 0.25) is 0 Å². The summed E-state index contributed by atoms with van der Waals surface area (Å²) < 4.78 is 0. The largest absolute Gasteiger partial charge is 0.352 e. The Labute approximate surface area is 109 Å². The third-order valence-electron chi connectivity index (χ3n) is 2.56. The number of benzene rings is 1. The van der Waals surface area contributed by atoms with Crippen LogP contribution in [0.1, 0.15) is 41.3 Å². The Morgan fingerprint density at radius 2 is 2.22 bits per heavy atom. The molecule has 0 aliphatic carbocycles. The molecule has 0 spiro atoms. The molecule has 3 heteroatoms. The maximum Gasteiger partial charge on any atom is 0.252 e. The molecule has 3 nitrogen and oxygen atoms in total. The Morgan fingerprint density at radius 1 is 1.44 bits per heavy atom. The van der Waals surface area contributed by atoms with Crippen molar-refractivity contribution in [2.24, 2.45) is 5.73 Å². The molecule has 0 aliphatic heterocycles. The molecular formula is C15H20N2O. The number of hydrogen-bond acceptors (Lipinski definition) is 2. The highest BCUT2D eigenvalue weighted by Gasteiger charge is 2.09. The van der Waals surface area contributed by atoms with Crippen LogP contribution in [0.5, 0.6) is 0 Å². The quantitative estimate of drug-likeness (QED) is 0.627. The van der Waals surface area contributed by atoms with Gasteiger partial charge in [-0.25, -0.2) is 0 Å². The lowest BCUT2D eigenvalue weighted by Crippen LogP contribution is -2.25.